The molecule has 0 fully saturated rings. The molecule has 0 aliphatic heterocycles. The highest BCUT2D eigenvalue weighted by Crippen LogP contribution is 2.28. The first-order valence-electron chi connectivity index (χ1n) is 4.30. The van der Waals surface area contributed by atoms with Gasteiger partial charge in [0.2, 0.25) is 0 Å². The van der Waals surface area contributed by atoms with Crippen molar-refractivity contribution in [1.29, 1.82) is 0 Å². The van der Waals surface area contributed by atoms with E-state index in [1.54, 1.807) is 11.3 Å². The summed E-state index contributed by atoms with van der Waals surface area (Å²) < 4.78 is 1.37. The van der Waals surface area contributed by atoms with Crippen LogP contribution in [0.4, 0.5) is 0 Å². The summed E-state index contributed by atoms with van der Waals surface area (Å²) in [6.07, 6.45) is 0. The minimum Gasteiger partial charge on any atom is -0.197 e. The first-order chi connectivity index (χ1) is 6.45. The van der Waals surface area contributed by atoms with Gasteiger partial charge in [0.05, 0.1) is 0 Å². The van der Waals surface area contributed by atoms with Gasteiger partial charge in [0.25, 0.3) is 0 Å². The number of thiophene rings is 1. The SMILES string of the molecule is S.c1ccc2c(c1)ccc1sccc12. The normalized spacial score (nSPS) is 10.3. The minimum absolute atomic E-state index is 0. The van der Waals surface area contributed by atoms with Crippen LogP contribution in [0.25, 0.3) is 20.9 Å². The second-order valence-electron chi connectivity index (χ2n) is 3.12. The van der Waals surface area contributed by atoms with Crippen LogP contribution in [-0.2, 0) is 0 Å². The molecule has 0 aliphatic carbocycles. The van der Waals surface area contributed by atoms with E-state index in [1.807, 2.05) is 0 Å². The summed E-state index contributed by atoms with van der Waals surface area (Å²) in [7, 11) is 0. The van der Waals surface area contributed by atoms with Crippen molar-refractivity contribution >= 4 is 45.7 Å². The molecule has 0 saturated heterocycles. The number of benzene rings is 2. The molecule has 0 atom stereocenters. The maximum absolute atomic E-state index is 2.20. The van der Waals surface area contributed by atoms with Crippen molar-refractivity contribution in [2.45, 2.75) is 0 Å². The Morgan fingerprint density at radius 2 is 1.64 bits per heavy atom. The van der Waals surface area contributed by atoms with Crippen molar-refractivity contribution < 1.29 is 0 Å². The smallest absolute Gasteiger partial charge is 0.0349 e. The van der Waals surface area contributed by atoms with Crippen LogP contribution < -0.4 is 0 Å². The molecule has 0 unspecified atom stereocenters. The van der Waals surface area contributed by atoms with Crippen molar-refractivity contribution in [2.75, 3.05) is 0 Å². The molecule has 14 heavy (non-hydrogen) atoms. The Kier molecular flexibility index (Phi) is 2.48. The fourth-order valence-corrected chi connectivity index (χ4v) is 2.53. The third-order valence-corrected chi connectivity index (χ3v) is 3.24. The molecule has 70 valence electrons. The molecule has 0 amide bonds. The summed E-state index contributed by atoms with van der Waals surface area (Å²) in [4.78, 5) is 0. The van der Waals surface area contributed by atoms with Crippen LogP contribution in [0, 0.1) is 0 Å². The quantitative estimate of drug-likeness (QED) is 0.531. The lowest BCUT2D eigenvalue weighted by Crippen LogP contribution is -1.70. The molecular weight excluding hydrogens is 208 g/mol. The van der Waals surface area contributed by atoms with Crippen LogP contribution >= 0.6 is 24.8 Å². The summed E-state index contributed by atoms with van der Waals surface area (Å²) in [5.41, 5.74) is 0. The van der Waals surface area contributed by atoms with Crippen molar-refractivity contribution in [3.05, 3.63) is 47.8 Å². The molecule has 2 aromatic carbocycles. The van der Waals surface area contributed by atoms with E-state index in [2.05, 4.69) is 47.8 Å². The van der Waals surface area contributed by atoms with Gasteiger partial charge in [0.15, 0.2) is 0 Å². The lowest BCUT2D eigenvalue weighted by molar-refractivity contribution is 1.81. The van der Waals surface area contributed by atoms with Gasteiger partial charge in [-0.1, -0.05) is 30.3 Å². The Hall–Kier alpha value is -0.990. The molecule has 3 rings (SSSR count). The molecule has 1 aromatic heterocycles. The summed E-state index contributed by atoms with van der Waals surface area (Å²) in [5, 5.41) is 6.22. The third kappa shape index (κ3) is 1.31. The van der Waals surface area contributed by atoms with Gasteiger partial charge in [-0.05, 0) is 28.3 Å². The van der Waals surface area contributed by atoms with E-state index in [-0.39, 0.29) is 13.5 Å². The third-order valence-electron chi connectivity index (χ3n) is 2.36. The fraction of sp³-hybridized carbons (Fsp3) is 0. The van der Waals surface area contributed by atoms with Crippen LogP contribution in [0.3, 0.4) is 0 Å². The largest absolute Gasteiger partial charge is 0.197 e. The molecule has 2 heteroatoms. The van der Waals surface area contributed by atoms with Gasteiger partial charge in [0, 0.05) is 10.1 Å². The average Bonchev–Trinajstić information content (AvgIpc) is 2.65. The first-order valence-corrected chi connectivity index (χ1v) is 5.18. The Balaban J connectivity index is 0.000000750. The number of fused-ring (bicyclic) bond motifs is 3. The molecule has 1 heterocycles. The monoisotopic (exact) mass is 218 g/mol. The van der Waals surface area contributed by atoms with Crippen LogP contribution in [0.1, 0.15) is 0 Å². The van der Waals surface area contributed by atoms with Gasteiger partial charge in [0.1, 0.15) is 0 Å². The second-order valence-corrected chi connectivity index (χ2v) is 4.07. The van der Waals surface area contributed by atoms with E-state index < -0.39 is 0 Å². The van der Waals surface area contributed by atoms with Crippen molar-refractivity contribution in [2.24, 2.45) is 0 Å². The highest BCUT2D eigenvalue weighted by Gasteiger charge is 1.98. The number of hydrogen-bond acceptors (Lipinski definition) is 1. The molecule has 0 spiro atoms. The number of hydrogen-bond donors (Lipinski definition) is 0. The highest BCUT2D eigenvalue weighted by molar-refractivity contribution is 7.59. The van der Waals surface area contributed by atoms with Gasteiger partial charge < -0.3 is 0 Å². The van der Waals surface area contributed by atoms with E-state index in [1.165, 1.54) is 20.9 Å². The molecule has 0 N–H and O–H groups in total. The topological polar surface area (TPSA) is 0 Å². The van der Waals surface area contributed by atoms with Crippen molar-refractivity contribution in [3.8, 4) is 0 Å². The van der Waals surface area contributed by atoms with Gasteiger partial charge in [-0.2, -0.15) is 13.5 Å². The molecule has 0 bridgehead atoms. The predicted molar refractivity (Wildman–Crippen MR) is 69.7 cm³/mol. The zero-order valence-corrected chi connectivity index (χ0v) is 9.34. The fourth-order valence-electron chi connectivity index (χ4n) is 1.73. The number of rotatable bonds is 0. The standard InChI is InChI=1S/C12H8S.H2S/c1-2-4-10-9(3-1)5-6-12-11(10)7-8-13-12;/h1-8H;1H2. The predicted octanol–water partition coefficient (Wildman–Crippen LogP) is 4.17. The summed E-state index contributed by atoms with van der Waals surface area (Å²) >= 11 is 1.80. The van der Waals surface area contributed by atoms with Crippen LogP contribution in [0.5, 0.6) is 0 Å². The van der Waals surface area contributed by atoms with Gasteiger partial charge in [-0.3, -0.25) is 0 Å². The lowest BCUT2D eigenvalue weighted by atomic mass is 10.1. The molecule has 0 aliphatic rings. The maximum Gasteiger partial charge on any atom is 0.0349 e. The van der Waals surface area contributed by atoms with Gasteiger partial charge in [-0.15, -0.1) is 11.3 Å². The van der Waals surface area contributed by atoms with E-state index >= 15 is 0 Å². The summed E-state index contributed by atoms with van der Waals surface area (Å²) in [6, 6.07) is 15.1. The van der Waals surface area contributed by atoms with Gasteiger partial charge >= 0.3 is 0 Å². The summed E-state index contributed by atoms with van der Waals surface area (Å²) in [6.45, 7) is 0. The molecule has 0 saturated carbocycles. The van der Waals surface area contributed by atoms with E-state index in [9.17, 15) is 0 Å². The van der Waals surface area contributed by atoms with Gasteiger partial charge in [-0.25, -0.2) is 0 Å². The Morgan fingerprint density at radius 3 is 2.57 bits per heavy atom. The summed E-state index contributed by atoms with van der Waals surface area (Å²) in [5.74, 6) is 0. The first kappa shape index (κ1) is 9.56. The maximum atomic E-state index is 2.20. The molecule has 0 radical (unpaired) electrons. The van der Waals surface area contributed by atoms with Crippen LogP contribution in [-0.4, -0.2) is 0 Å². The van der Waals surface area contributed by atoms with Crippen molar-refractivity contribution in [1.82, 2.24) is 0 Å². The van der Waals surface area contributed by atoms with E-state index in [0.717, 1.165) is 0 Å². The van der Waals surface area contributed by atoms with Crippen LogP contribution in [0.2, 0.25) is 0 Å². The minimum atomic E-state index is 0. The zero-order chi connectivity index (χ0) is 8.67. The van der Waals surface area contributed by atoms with Crippen molar-refractivity contribution in [3.63, 3.8) is 0 Å². The lowest BCUT2D eigenvalue weighted by Gasteiger charge is -1.97. The van der Waals surface area contributed by atoms with Crippen LogP contribution in [0.15, 0.2) is 47.8 Å². The average molecular weight is 218 g/mol. The zero-order valence-electron chi connectivity index (χ0n) is 7.53. The van der Waals surface area contributed by atoms with E-state index in [0.29, 0.717) is 0 Å². The molecular formula is C12H10S2. The Labute approximate surface area is 93.6 Å². The highest BCUT2D eigenvalue weighted by atomic mass is 32.1. The second kappa shape index (κ2) is 3.64. The van der Waals surface area contributed by atoms with E-state index in [4.69, 9.17) is 0 Å². The Morgan fingerprint density at radius 1 is 0.786 bits per heavy atom. The molecule has 0 nitrogen and oxygen atoms in total. The molecule has 3 aromatic rings. The Bertz CT molecular complexity index is 566.